The van der Waals surface area contributed by atoms with Gasteiger partial charge < -0.3 is 35.8 Å². The van der Waals surface area contributed by atoms with Crippen LogP contribution in [0, 0.1) is 37.2 Å². The molecule has 0 fully saturated rings. The van der Waals surface area contributed by atoms with E-state index < -0.39 is 37.2 Å². The number of hydrogen-bond donors (Lipinski definition) is 7. The second kappa shape index (κ2) is 17.8. The van der Waals surface area contributed by atoms with Crippen molar-refractivity contribution in [2.24, 2.45) is 5.92 Å². The summed E-state index contributed by atoms with van der Waals surface area (Å²) in [7, 11) is -4.65. The third kappa shape index (κ3) is 11.6. The first-order valence-electron chi connectivity index (χ1n) is 16.5. The number of carbonyl (C=O) groups excluding carboxylic acids is 3. The minimum atomic E-state index is -4.65. The molecule has 3 amide bonds. The maximum atomic E-state index is 14.0. The van der Waals surface area contributed by atoms with Gasteiger partial charge in [0.15, 0.2) is 11.6 Å². The number of aromatic amines is 1. The molecule has 0 aliphatic carbocycles. The molecule has 0 bridgehead atoms. The minimum absolute atomic E-state index is 0.0394. The fraction of sp³-hybridized carbons (Fsp3) is 0.400. The molecule has 2 atom stereocenters. The Labute approximate surface area is 293 Å². The standard InChI is InChI=1S/C35H42F3N4O8P/c1-20-26(21(2)40-32(20)17-28-27-15-24(36)7-10-31(27)42-35(28)46)8-11-33(44)41-25(13-22-6-9-29(37)30(38)14-22)16-34(45)39-12-4-3-5-23(18-43)19-50-51(47,48)49/h6-7,9-10,14-15,17,23,25,40,43H,3-5,8,11-13,16,18-19H2,1-2H3,(H,39,45)(H,41,44)(H,42,46)(H2,47,48,49)/b28-17-/t23?,25-/m0/s1. The number of H-pyrrole nitrogens is 1. The normalized spacial score (nSPS) is 14.7. The van der Waals surface area contributed by atoms with Gasteiger partial charge in [-0.25, -0.2) is 17.7 Å². The molecule has 1 aliphatic heterocycles. The Bertz CT molecular complexity index is 1830. The quantitative estimate of drug-likeness (QED) is 0.0561. The van der Waals surface area contributed by atoms with Gasteiger partial charge in [0.1, 0.15) is 5.82 Å². The van der Waals surface area contributed by atoms with Crippen LogP contribution < -0.4 is 16.0 Å². The van der Waals surface area contributed by atoms with E-state index in [1.165, 1.54) is 24.3 Å². The van der Waals surface area contributed by atoms with E-state index in [9.17, 15) is 37.2 Å². The third-order valence-electron chi connectivity index (χ3n) is 8.65. The van der Waals surface area contributed by atoms with Gasteiger partial charge in [-0.15, -0.1) is 0 Å². The molecule has 3 aromatic rings. The Morgan fingerprint density at radius 3 is 2.51 bits per heavy atom. The molecule has 7 N–H and O–H groups in total. The lowest BCUT2D eigenvalue weighted by atomic mass is 10.0. The predicted molar refractivity (Wildman–Crippen MR) is 184 cm³/mol. The summed E-state index contributed by atoms with van der Waals surface area (Å²) in [6, 6.07) is 6.67. The lowest BCUT2D eigenvalue weighted by Crippen LogP contribution is -2.41. The topological polar surface area (TPSA) is 190 Å². The van der Waals surface area contributed by atoms with Crippen molar-refractivity contribution in [2.45, 2.75) is 64.8 Å². The highest BCUT2D eigenvalue weighted by Gasteiger charge is 2.26. The van der Waals surface area contributed by atoms with Crippen molar-refractivity contribution in [1.82, 2.24) is 15.6 Å². The Balaban J connectivity index is 1.35. The summed E-state index contributed by atoms with van der Waals surface area (Å²) in [6.07, 6.45) is 3.35. The van der Waals surface area contributed by atoms with Crippen molar-refractivity contribution in [1.29, 1.82) is 0 Å². The number of phosphoric ester groups is 1. The Morgan fingerprint density at radius 2 is 1.80 bits per heavy atom. The predicted octanol–water partition coefficient (Wildman–Crippen LogP) is 4.60. The van der Waals surface area contributed by atoms with Gasteiger partial charge >= 0.3 is 7.82 Å². The fourth-order valence-corrected chi connectivity index (χ4v) is 6.36. The molecule has 1 aromatic heterocycles. The highest BCUT2D eigenvalue weighted by atomic mass is 31.2. The number of phosphoric acid groups is 1. The number of carbonyl (C=O) groups is 3. The van der Waals surface area contributed by atoms with Crippen LogP contribution in [-0.4, -0.2) is 63.4 Å². The summed E-state index contributed by atoms with van der Waals surface area (Å²) < 4.78 is 56.8. The molecule has 2 heterocycles. The van der Waals surface area contributed by atoms with Crippen molar-refractivity contribution >= 4 is 42.9 Å². The first-order chi connectivity index (χ1) is 24.1. The number of aromatic nitrogens is 1. The number of benzene rings is 2. The zero-order valence-corrected chi connectivity index (χ0v) is 29.1. The maximum Gasteiger partial charge on any atom is 0.469 e. The van der Waals surface area contributed by atoms with Crippen LogP contribution in [0.2, 0.25) is 0 Å². The number of nitrogens with one attached hydrogen (secondary N) is 4. The molecule has 16 heteroatoms. The molecule has 0 saturated heterocycles. The average molecular weight is 735 g/mol. The first kappa shape index (κ1) is 39.5. The van der Waals surface area contributed by atoms with E-state index in [0.717, 1.165) is 29.0 Å². The number of halogens is 3. The van der Waals surface area contributed by atoms with E-state index in [0.29, 0.717) is 53.8 Å². The van der Waals surface area contributed by atoms with Crippen LogP contribution in [0.3, 0.4) is 0 Å². The zero-order chi connectivity index (χ0) is 37.3. The van der Waals surface area contributed by atoms with Crippen LogP contribution in [-0.2, 0) is 36.3 Å². The van der Waals surface area contributed by atoms with E-state index in [2.05, 4.69) is 25.5 Å². The van der Waals surface area contributed by atoms with Gasteiger partial charge in [-0.3, -0.25) is 18.9 Å². The Morgan fingerprint density at radius 1 is 1.04 bits per heavy atom. The fourth-order valence-electron chi connectivity index (χ4n) is 5.96. The number of aryl methyl sites for hydroxylation is 1. The maximum absolute atomic E-state index is 14.0. The molecule has 0 saturated carbocycles. The van der Waals surface area contributed by atoms with Crippen molar-refractivity contribution in [2.75, 3.05) is 25.1 Å². The number of aliphatic hydroxyl groups excluding tert-OH is 1. The van der Waals surface area contributed by atoms with E-state index in [-0.39, 0.29) is 56.7 Å². The van der Waals surface area contributed by atoms with Crippen LogP contribution in [0.15, 0.2) is 36.4 Å². The van der Waals surface area contributed by atoms with Gasteiger partial charge in [-0.1, -0.05) is 12.5 Å². The number of fused-ring (bicyclic) bond motifs is 1. The van der Waals surface area contributed by atoms with Gasteiger partial charge in [0, 0.05) is 60.6 Å². The molecule has 12 nitrogen and oxygen atoms in total. The number of anilines is 1. The van der Waals surface area contributed by atoms with Gasteiger partial charge in [0.05, 0.1) is 12.2 Å². The van der Waals surface area contributed by atoms with Crippen LogP contribution in [0.4, 0.5) is 18.9 Å². The lowest BCUT2D eigenvalue weighted by Gasteiger charge is -2.19. The van der Waals surface area contributed by atoms with E-state index in [4.69, 9.17) is 9.79 Å². The van der Waals surface area contributed by atoms with Gasteiger partial charge in [0.2, 0.25) is 11.8 Å². The SMILES string of the molecule is Cc1[nH]c(/C=C2\C(=O)Nc3ccc(F)cc32)c(C)c1CCC(=O)N[C@H](CC(=O)NCCCCC(CO)COP(=O)(O)O)Cc1ccc(F)c(F)c1. The third-order valence-corrected chi connectivity index (χ3v) is 9.13. The highest BCUT2D eigenvalue weighted by molar-refractivity contribution is 7.46. The van der Waals surface area contributed by atoms with Gasteiger partial charge in [-0.05, 0) is 92.6 Å². The molecule has 51 heavy (non-hydrogen) atoms. The summed E-state index contributed by atoms with van der Waals surface area (Å²) in [5, 5.41) is 17.7. The van der Waals surface area contributed by atoms with Crippen LogP contribution in [0.25, 0.3) is 11.6 Å². The van der Waals surface area contributed by atoms with Crippen molar-refractivity contribution in [3.63, 3.8) is 0 Å². The lowest BCUT2D eigenvalue weighted by molar-refractivity contribution is -0.123. The molecule has 1 unspecified atom stereocenters. The van der Waals surface area contributed by atoms with Gasteiger partial charge in [-0.2, -0.15) is 0 Å². The van der Waals surface area contributed by atoms with Crippen LogP contribution in [0.1, 0.15) is 65.7 Å². The first-order valence-corrected chi connectivity index (χ1v) is 18.0. The molecule has 2 aromatic carbocycles. The van der Waals surface area contributed by atoms with Crippen molar-refractivity contribution in [3.05, 3.63) is 87.5 Å². The number of hydrogen-bond acceptors (Lipinski definition) is 6. The summed E-state index contributed by atoms with van der Waals surface area (Å²) >= 11 is 0. The van der Waals surface area contributed by atoms with E-state index >= 15 is 0 Å². The highest BCUT2D eigenvalue weighted by Crippen LogP contribution is 2.37. The molecular weight excluding hydrogens is 692 g/mol. The molecule has 4 rings (SSSR count). The van der Waals surface area contributed by atoms with Crippen molar-refractivity contribution < 1.29 is 51.5 Å². The monoisotopic (exact) mass is 734 g/mol. The molecule has 0 radical (unpaired) electrons. The minimum Gasteiger partial charge on any atom is -0.396 e. The number of aliphatic hydroxyl groups is 1. The second-order valence-electron chi connectivity index (χ2n) is 12.6. The number of unbranched alkanes of at least 4 members (excludes halogenated alkanes) is 1. The summed E-state index contributed by atoms with van der Waals surface area (Å²) in [5.74, 6) is -4.15. The number of amides is 3. The molecule has 0 spiro atoms. The van der Waals surface area contributed by atoms with Gasteiger partial charge in [0.25, 0.3) is 5.91 Å². The number of rotatable bonds is 18. The smallest absolute Gasteiger partial charge is 0.396 e. The summed E-state index contributed by atoms with van der Waals surface area (Å²) in [4.78, 5) is 59.6. The Kier molecular flexibility index (Phi) is 13.8. The molecule has 276 valence electrons. The molecule has 1 aliphatic rings. The molecular formula is C35H42F3N4O8P. The summed E-state index contributed by atoms with van der Waals surface area (Å²) in [6.45, 7) is 3.31. The van der Waals surface area contributed by atoms with Crippen LogP contribution >= 0.6 is 7.82 Å². The average Bonchev–Trinajstić information content (AvgIpc) is 3.51. The second-order valence-corrected chi connectivity index (χ2v) is 13.8. The summed E-state index contributed by atoms with van der Waals surface area (Å²) in [5.41, 5.74) is 4.72. The van der Waals surface area contributed by atoms with Crippen molar-refractivity contribution in [3.8, 4) is 0 Å². The zero-order valence-electron chi connectivity index (χ0n) is 28.2. The van der Waals surface area contributed by atoms with Crippen LogP contribution in [0.5, 0.6) is 0 Å². The Hall–Kier alpha value is -4.27. The largest absolute Gasteiger partial charge is 0.469 e. The van der Waals surface area contributed by atoms with E-state index in [1.54, 1.807) is 6.08 Å². The van der Waals surface area contributed by atoms with E-state index in [1.807, 2.05) is 13.8 Å².